The molecule has 1 fully saturated rings. The summed E-state index contributed by atoms with van der Waals surface area (Å²) in [4.78, 5) is 26.5. The van der Waals surface area contributed by atoms with Gasteiger partial charge in [0.2, 0.25) is 5.91 Å². The van der Waals surface area contributed by atoms with E-state index < -0.39 is 5.82 Å². The van der Waals surface area contributed by atoms with Gasteiger partial charge in [0, 0.05) is 30.0 Å². The van der Waals surface area contributed by atoms with Crippen molar-refractivity contribution in [3.05, 3.63) is 58.9 Å². The highest BCUT2D eigenvalue weighted by Crippen LogP contribution is 2.19. The van der Waals surface area contributed by atoms with E-state index in [0.29, 0.717) is 11.3 Å². The molecule has 2 aromatic carbocycles. The van der Waals surface area contributed by atoms with Crippen molar-refractivity contribution in [1.82, 2.24) is 4.90 Å². The molecule has 1 saturated heterocycles. The number of nitrogens with zero attached hydrogens (tertiary/aromatic N) is 1. The minimum atomic E-state index is -0.535. The summed E-state index contributed by atoms with van der Waals surface area (Å²) in [6.07, 6.45) is 4.47. The van der Waals surface area contributed by atoms with Crippen LogP contribution < -0.4 is 10.6 Å². The lowest BCUT2D eigenvalue weighted by Gasteiger charge is -2.20. The first-order chi connectivity index (χ1) is 13.5. The normalized spacial score (nSPS) is 14.3. The number of likely N-dealkylation sites (tertiary alicyclic amines) is 1. The molecule has 3 rings (SSSR count). The number of hydrogen-bond acceptors (Lipinski definition) is 3. The summed E-state index contributed by atoms with van der Waals surface area (Å²) in [6.45, 7) is 1.66. The monoisotopic (exact) mass is 403 g/mol. The van der Waals surface area contributed by atoms with Crippen LogP contribution >= 0.6 is 11.6 Å². The minimum Gasteiger partial charge on any atom is -0.376 e. The van der Waals surface area contributed by atoms with E-state index in [9.17, 15) is 14.0 Å². The van der Waals surface area contributed by atoms with Gasteiger partial charge in [-0.3, -0.25) is 9.59 Å². The molecule has 7 heteroatoms. The summed E-state index contributed by atoms with van der Waals surface area (Å²) in [5.41, 5.74) is 1.81. The molecule has 0 bridgehead atoms. The van der Waals surface area contributed by atoms with E-state index in [-0.39, 0.29) is 23.4 Å². The molecule has 0 aromatic heterocycles. The molecule has 1 heterocycles. The van der Waals surface area contributed by atoms with Crippen LogP contribution in [0.5, 0.6) is 0 Å². The molecule has 0 atom stereocenters. The smallest absolute Gasteiger partial charge is 0.253 e. The fourth-order valence-corrected chi connectivity index (χ4v) is 3.33. The molecule has 148 valence electrons. The largest absolute Gasteiger partial charge is 0.376 e. The van der Waals surface area contributed by atoms with Crippen molar-refractivity contribution in [3.63, 3.8) is 0 Å². The molecule has 0 spiro atoms. The van der Waals surface area contributed by atoms with E-state index in [1.165, 1.54) is 31.0 Å². The Kier molecular flexibility index (Phi) is 6.87. The topological polar surface area (TPSA) is 61.4 Å². The summed E-state index contributed by atoms with van der Waals surface area (Å²) in [7, 11) is 0. The second-order valence-corrected chi connectivity index (χ2v) is 7.22. The van der Waals surface area contributed by atoms with E-state index in [0.717, 1.165) is 31.6 Å². The van der Waals surface area contributed by atoms with Gasteiger partial charge in [-0.15, -0.1) is 0 Å². The number of carbonyl (C=O) groups is 2. The predicted molar refractivity (Wildman–Crippen MR) is 109 cm³/mol. The zero-order valence-electron chi connectivity index (χ0n) is 15.5. The van der Waals surface area contributed by atoms with Crippen molar-refractivity contribution in [2.24, 2.45) is 0 Å². The van der Waals surface area contributed by atoms with Gasteiger partial charge in [-0.25, -0.2) is 4.39 Å². The molecular weight excluding hydrogens is 381 g/mol. The second kappa shape index (κ2) is 9.55. The molecule has 2 aromatic rings. The molecule has 0 unspecified atom stereocenters. The van der Waals surface area contributed by atoms with Crippen LogP contribution in [-0.4, -0.2) is 36.3 Å². The van der Waals surface area contributed by atoms with E-state index in [1.807, 2.05) is 4.90 Å². The Labute approximate surface area is 168 Å². The summed E-state index contributed by atoms with van der Waals surface area (Å²) in [6, 6.07) is 11.1. The van der Waals surface area contributed by atoms with Crippen LogP contribution in [0.2, 0.25) is 5.02 Å². The summed E-state index contributed by atoms with van der Waals surface area (Å²) >= 11 is 5.70. The third kappa shape index (κ3) is 5.45. The second-order valence-electron chi connectivity index (χ2n) is 6.81. The zero-order chi connectivity index (χ0) is 19.9. The maximum atomic E-state index is 13.1. The van der Waals surface area contributed by atoms with Crippen LogP contribution in [0.15, 0.2) is 42.5 Å². The molecule has 0 aliphatic carbocycles. The predicted octanol–water partition coefficient (Wildman–Crippen LogP) is 4.55. The van der Waals surface area contributed by atoms with Crippen LogP contribution in [0.4, 0.5) is 15.8 Å². The number of halogens is 2. The van der Waals surface area contributed by atoms with Crippen LogP contribution in [0.3, 0.4) is 0 Å². The lowest BCUT2D eigenvalue weighted by molar-refractivity contribution is -0.114. The van der Waals surface area contributed by atoms with Crippen molar-refractivity contribution in [1.29, 1.82) is 0 Å². The van der Waals surface area contributed by atoms with Gasteiger partial charge in [0.15, 0.2) is 0 Å². The third-order valence-electron chi connectivity index (χ3n) is 4.68. The zero-order valence-corrected chi connectivity index (χ0v) is 16.3. The average molecular weight is 404 g/mol. The van der Waals surface area contributed by atoms with Crippen LogP contribution in [-0.2, 0) is 4.79 Å². The first-order valence-corrected chi connectivity index (χ1v) is 9.79. The van der Waals surface area contributed by atoms with Crippen molar-refractivity contribution in [2.45, 2.75) is 25.7 Å². The van der Waals surface area contributed by atoms with Gasteiger partial charge < -0.3 is 15.5 Å². The summed E-state index contributed by atoms with van der Waals surface area (Å²) < 4.78 is 13.1. The number of carbonyl (C=O) groups excluding carboxylic acids is 2. The Bertz CT molecular complexity index is 834. The average Bonchev–Trinajstić information content (AvgIpc) is 2.99. The molecule has 28 heavy (non-hydrogen) atoms. The molecule has 2 N–H and O–H groups in total. The van der Waals surface area contributed by atoms with Gasteiger partial charge in [0.25, 0.3) is 5.91 Å². The molecule has 2 amide bonds. The fraction of sp³-hybridized carbons (Fsp3) is 0.333. The van der Waals surface area contributed by atoms with Gasteiger partial charge in [-0.2, -0.15) is 0 Å². The SMILES string of the molecule is O=C(CNc1ccc(C(=O)N2CCCCCC2)cc1)Nc1ccc(F)c(Cl)c1. The van der Waals surface area contributed by atoms with Crippen molar-refractivity contribution in [2.75, 3.05) is 30.3 Å². The Balaban J connectivity index is 1.51. The number of rotatable bonds is 5. The standard InChI is InChI=1S/C21H23ClFN3O2/c22-18-13-17(9-10-19(18)23)25-20(27)14-24-16-7-5-15(6-8-16)21(28)26-11-3-1-2-4-12-26/h5-10,13,24H,1-4,11-12,14H2,(H,25,27). The highest BCUT2D eigenvalue weighted by Gasteiger charge is 2.17. The van der Waals surface area contributed by atoms with Gasteiger partial charge in [0.1, 0.15) is 5.82 Å². The third-order valence-corrected chi connectivity index (χ3v) is 4.97. The molecule has 1 aliphatic rings. The minimum absolute atomic E-state index is 0.0361. The number of hydrogen-bond donors (Lipinski definition) is 2. The first kappa shape index (κ1) is 20.1. The van der Waals surface area contributed by atoms with E-state index >= 15 is 0 Å². The Morgan fingerprint density at radius 1 is 0.964 bits per heavy atom. The molecule has 0 radical (unpaired) electrons. The number of benzene rings is 2. The highest BCUT2D eigenvalue weighted by atomic mass is 35.5. The lowest BCUT2D eigenvalue weighted by atomic mass is 10.1. The lowest BCUT2D eigenvalue weighted by Crippen LogP contribution is -2.31. The Morgan fingerprint density at radius 3 is 2.25 bits per heavy atom. The van der Waals surface area contributed by atoms with Crippen LogP contribution in [0.25, 0.3) is 0 Å². The number of amides is 2. The fourth-order valence-electron chi connectivity index (χ4n) is 3.15. The highest BCUT2D eigenvalue weighted by molar-refractivity contribution is 6.31. The molecular formula is C21H23ClFN3O2. The molecule has 1 aliphatic heterocycles. The quantitative estimate of drug-likeness (QED) is 0.770. The van der Waals surface area contributed by atoms with E-state index in [4.69, 9.17) is 11.6 Å². The first-order valence-electron chi connectivity index (χ1n) is 9.41. The van der Waals surface area contributed by atoms with Gasteiger partial charge >= 0.3 is 0 Å². The van der Waals surface area contributed by atoms with Crippen molar-refractivity contribution < 1.29 is 14.0 Å². The summed E-state index contributed by atoms with van der Waals surface area (Å²) in [5, 5.41) is 5.60. The van der Waals surface area contributed by atoms with Gasteiger partial charge in [0.05, 0.1) is 11.6 Å². The van der Waals surface area contributed by atoms with E-state index in [1.54, 1.807) is 24.3 Å². The van der Waals surface area contributed by atoms with E-state index in [2.05, 4.69) is 10.6 Å². The Hall–Kier alpha value is -2.60. The van der Waals surface area contributed by atoms with Crippen LogP contribution in [0, 0.1) is 5.82 Å². The van der Waals surface area contributed by atoms with Gasteiger partial charge in [-0.05, 0) is 55.3 Å². The van der Waals surface area contributed by atoms with Crippen molar-refractivity contribution in [3.8, 4) is 0 Å². The van der Waals surface area contributed by atoms with Gasteiger partial charge in [-0.1, -0.05) is 24.4 Å². The molecule has 5 nitrogen and oxygen atoms in total. The maximum Gasteiger partial charge on any atom is 0.253 e. The number of anilines is 2. The maximum absolute atomic E-state index is 13.1. The Morgan fingerprint density at radius 2 is 1.61 bits per heavy atom. The number of nitrogens with one attached hydrogen (secondary N) is 2. The summed E-state index contributed by atoms with van der Waals surface area (Å²) in [5.74, 6) is -0.764. The van der Waals surface area contributed by atoms with Crippen LogP contribution in [0.1, 0.15) is 36.0 Å². The molecule has 0 saturated carbocycles. The van der Waals surface area contributed by atoms with Crippen molar-refractivity contribution >= 4 is 34.8 Å².